The van der Waals surface area contributed by atoms with Gasteiger partial charge in [0, 0.05) is 24.0 Å². The van der Waals surface area contributed by atoms with Gasteiger partial charge in [-0.3, -0.25) is 9.40 Å². The first-order valence-electron chi connectivity index (χ1n) is 10.3. The lowest BCUT2D eigenvalue weighted by Crippen LogP contribution is -2.29. The van der Waals surface area contributed by atoms with Gasteiger partial charge in [-0.2, -0.15) is 5.10 Å². The van der Waals surface area contributed by atoms with Crippen molar-refractivity contribution in [1.29, 1.82) is 0 Å². The highest BCUT2D eigenvalue weighted by Crippen LogP contribution is 2.32. The molecule has 0 spiro atoms. The molecule has 11 heteroatoms. The highest BCUT2D eigenvalue weighted by atomic mass is 32.2. The molecule has 4 aromatic rings. The topological polar surface area (TPSA) is 141 Å². The molecule has 1 aliphatic heterocycles. The van der Waals surface area contributed by atoms with Crippen LogP contribution in [0.15, 0.2) is 47.1 Å². The van der Waals surface area contributed by atoms with Crippen LogP contribution in [0.4, 0.5) is 11.5 Å². The number of hydrogen-bond donors (Lipinski definition) is 3. The van der Waals surface area contributed by atoms with Crippen molar-refractivity contribution in [3.63, 3.8) is 0 Å². The van der Waals surface area contributed by atoms with Gasteiger partial charge in [0.1, 0.15) is 11.3 Å². The Morgan fingerprint density at radius 1 is 1.22 bits per heavy atom. The third-order valence-electron chi connectivity index (χ3n) is 5.43. The average Bonchev–Trinajstić information content (AvgIpc) is 3.41. The van der Waals surface area contributed by atoms with Gasteiger partial charge >= 0.3 is 0 Å². The summed E-state index contributed by atoms with van der Waals surface area (Å²) in [5.41, 5.74) is 9.69. The second-order valence-corrected chi connectivity index (χ2v) is 9.64. The minimum Gasteiger partial charge on any atom is -0.436 e. The van der Waals surface area contributed by atoms with Crippen LogP contribution in [-0.2, 0) is 10.0 Å². The first-order chi connectivity index (χ1) is 15.4. The molecule has 0 bridgehead atoms. The van der Waals surface area contributed by atoms with E-state index in [0.29, 0.717) is 34.3 Å². The maximum Gasteiger partial charge on any atom is 0.231 e. The van der Waals surface area contributed by atoms with Gasteiger partial charge in [-0.15, -0.1) is 0 Å². The van der Waals surface area contributed by atoms with Gasteiger partial charge in [0.15, 0.2) is 5.58 Å². The zero-order valence-corrected chi connectivity index (χ0v) is 18.3. The van der Waals surface area contributed by atoms with Crippen molar-refractivity contribution in [2.75, 3.05) is 29.8 Å². The van der Waals surface area contributed by atoms with Gasteiger partial charge in [-0.25, -0.2) is 18.4 Å². The van der Waals surface area contributed by atoms with Gasteiger partial charge in [-0.1, -0.05) is 0 Å². The van der Waals surface area contributed by atoms with Gasteiger partial charge < -0.3 is 15.5 Å². The number of benzene rings is 1. The van der Waals surface area contributed by atoms with Gasteiger partial charge in [0.2, 0.25) is 15.9 Å². The molecule has 0 radical (unpaired) electrons. The number of nitrogens with one attached hydrogen (secondary N) is 2. The molecular weight excluding hydrogens is 430 g/mol. The number of nitrogens with zero attached hydrogens (tertiary/aromatic N) is 4. The molecule has 0 aliphatic carbocycles. The second-order valence-electron chi connectivity index (χ2n) is 7.89. The number of nitrogen functional groups attached to an aromatic ring is 1. The van der Waals surface area contributed by atoms with E-state index in [0.717, 1.165) is 43.4 Å². The number of rotatable bonds is 5. The van der Waals surface area contributed by atoms with Gasteiger partial charge in [0.25, 0.3) is 0 Å². The number of piperidine rings is 1. The van der Waals surface area contributed by atoms with Crippen molar-refractivity contribution >= 4 is 32.6 Å². The fraction of sp³-hybridized carbons (Fsp3) is 0.286. The molecule has 1 saturated heterocycles. The van der Waals surface area contributed by atoms with Crippen molar-refractivity contribution in [1.82, 2.24) is 25.1 Å². The van der Waals surface area contributed by atoms with Crippen LogP contribution in [0.5, 0.6) is 0 Å². The SMILES string of the molecule is CS(=O)(=O)Nc1ccc2nc(-c3cc(-c4ccn(C5CCNCC5)n4)cnc3N)oc2c1. The Morgan fingerprint density at radius 3 is 2.81 bits per heavy atom. The van der Waals surface area contributed by atoms with Crippen molar-refractivity contribution < 1.29 is 12.8 Å². The summed E-state index contributed by atoms with van der Waals surface area (Å²) in [6.45, 7) is 1.99. The van der Waals surface area contributed by atoms with Crippen LogP contribution in [0.3, 0.4) is 0 Å². The van der Waals surface area contributed by atoms with E-state index < -0.39 is 10.0 Å². The predicted octanol–water partition coefficient (Wildman–Crippen LogP) is 2.63. The van der Waals surface area contributed by atoms with Crippen molar-refractivity contribution in [2.24, 2.45) is 0 Å². The molecule has 32 heavy (non-hydrogen) atoms. The number of sulfonamides is 1. The Bertz CT molecular complexity index is 1390. The predicted molar refractivity (Wildman–Crippen MR) is 122 cm³/mol. The van der Waals surface area contributed by atoms with Crippen LogP contribution in [0.1, 0.15) is 18.9 Å². The molecular formula is C21H23N7O3S. The molecule has 166 valence electrons. The Hall–Kier alpha value is -3.44. The average molecular weight is 454 g/mol. The molecule has 4 heterocycles. The van der Waals surface area contributed by atoms with Crippen molar-refractivity contribution in [3.8, 4) is 22.7 Å². The number of aromatic nitrogens is 4. The quantitative estimate of drug-likeness (QED) is 0.419. The minimum absolute atomic E-state index is 0.285. The Balaban J connectivity index is 1.47. The summed E-state index contributed by atoms with van der Waals surface area (Å²) in [5, 5.41) is 8.11. The standard InChI is InChI=1S/C21H23N7O3S/c1-32(29,30)27-14-2-3-18-19(11-14)31-21(25-18)16-10-13(12-24-20(16)22)17-6-9-28(26-17)15-4-7-23-8-5-15/h2-3,6,9-12,15,23,27H,4-5,7-8H2,1H3,(H2,22,24). The molecule has 1 aromatic carbocycles. The number of anilines is 2. The minimum atomic E-state index is -3.39. The van der Waals surface area contributed by atoms with Crippen LogP contribution in [0.25, 0.3) is 33.8 Å². The van der Waals surface area contributed by atoms with E-state index in [9.17, 15) is 8.42 Å². The molecule has 1 aliphatic rings. The van der Waals surface area contributed by atoms with Gasteiger partial charge in [-0.05, 0) is 50.2 Å². The summed E-state index contributed by atoms with van der Waals surface area (Å²) >= 11 is 0. The largest absolute Gasteiger partial charge is 0.436 e. The first kappa shape index (κ1) is 20.5. The monoisotopic (exact) mass is 453 g/mol. The van der Waals surface area contributed by atoms with Crippen LogP contribution < -0.4 is 15.8 Å². The van der Waals surface area contributed by atoms with Crippen LogP contribution in [0.2, 0.25) is 0 Å². The number of nitrogens with two attached hydrogens (primary N) is 1. The summed E-state index contributed by atoms with van der Waals surface area (Å²) < 4.78 is 33.3. The van der Waals surface area contributed by atoms with Crippen LogP contribution >= 0.6 is 0 Å². The summed E-state index contributed by atoms with van der Waals surface area (Å²) in [4.78, 5) is 8.82. The van der Waals surface area contributed by atoms with E-state index in [-0.39, 0.29) is 5.82 Å². The Labute approximate surface area is 184 Å². The van der Waals surface area contributed by atoms with Crippen LogP contribution in [-0.4, -0.2) is 47.5 Å². The highest BCUT2D eigenvalue weighted by Gasteiger charge is 2.18. The molecule has 3 aromatic heterocycles. The van der Waals surface area contributed by atoms with E-state index in [1.165, 1.54) is 0 Å². The molecule has 0 saturated carbocycles. The van der Waals surface area contributed by atoms with E-state index >= 15 is 0 Å². The normalized spacial score (nSPS) is 15.3. The van der Waals surface area contributed by atoms with E-state index in [1.807, 2.05) is 23.0 Å². The molecule has 1 fully saturated rings. The maximum absolute atomic E-state index is 11.5. The van der Waals surface area contributed by atoms with Crippen molar-refractivity contribution in [2.45, 2.75) is 18.9 Å². The molecule has 5 rings (SSSR count). The number of hydrogen-bond acceptors (Lipinski definition) is 8. The molecule has 10 nitrogen and oxygen atoms in total. The lowest BCUT2D eigenvalue weighted by atomic mass is 10.1. The maximum atomic E-state index is 11.5. The number of pyridine rings is 1. The third-order valence-corrected chi connectivity index (χ3v) is 6.03. The summed E-state index contributed by atoms with van der Waals surface area (Å²) in [6, 6.07) is 9.11. The highest BCUT2D eigenvalue weighted by molar-refractivity contribution is 7.92. The fourth-order valence-electron chi connectivity index (χ4n) is 3.87. The molecule has 0 unspecified atom stereocenters. The van der Waals surface area contributed by atoms with E-state index in [1.54, 1.807) is 24.4 Å². The lowest BCUT2D eigenvalue weighted by Gasteiger charge is -2.22. The van der Waals surface area contributed by atoms with E-state index in [4.69, 9.17) is 15.2 Å². The lowest BCUT2D eigenvalue weighted by molar-refractivity contribution is 0.343. The molecule has 4 N–H and O–H groups in total. The summed E-state index contributed by atoms with van der Waals surface area (Å²) in [6.07, 6.45) is 6.87. The third kappa shape index (κ3) is 4.16. The second kappa shape index (κ2) is 7.92. The first-order valence-corrected chi connectivity index (χ1v) is 12.2. The zero-order chi connectivity index (χ0) is 22.3. The molecule has 0 atom stereocenters. The van der Waals surface area contributed by atoms with Crippen molar-refractivity contribution in [3.05, 3.63) is 42.7 Å². The fourth-order valence-corrected chi connectivity index (χ4v) is 4.43. The van der Waals surface area contributed by atoms with E-state index in [2.05, 4.69) is 20.0 Å². The summed E-state index contributed by atoms with van der Waals surface area (Å²) in [5.74, 6) is 0.591. The summed E-state index contributed by atoms with van der Waals surface area (Å²) in [7, 11) is -3.39. The zero-order valence-electron chi connectivity index (χ0n) is 17.4. The smallest absolute Gasteiger partial charge is 0.231 e. The number of fused-ring (bicyclic) bond motifs is 1. The van der Waals surface area contributed by atoms with Crippen LogP contribution in [0, 0.1) is 0 Å². The Kier molecular flexibility index (Phi) is 5.06. The van der Waals surface area contributed by atoms with Gasteiger partial charge in [0.05, 0.1) is 29.2 Å². The molecule has 0 amide bonds. The number of oxazole rings is 1. The Morgan fingerprint density at radius 2 is 2.03 bits per heavy atom.